The molecule has 3 N–H and O–H groups in total. The zero-order valence-corrected chi connectivity index (χ0v) is 9.76. The van der Waals surface area contributed by atoms with Crippen LogP contribution in [0.25, 0.3) is 0 Å². The number of carboxylic acid groups (broad SMARTS) is 1. The molecule has 18 heavy (non-hydrogen) atoms. The number of halogens is 1. The van der Waals surface area contributed by atoms with Crippen LogP contribution < -0.4 is 5.32 Å². The van der Waals surface area contributed by atoms with Gasteiger partial charge in [-0.05, 0) is 24.6 Å². The molecular weight excluding hydrogens is 241 g/mol. The lowest BCUT2D eigenvalue weighted by Gasteiger charge is -2.13. The lowest BCUT2D eigenvalue weighted by Crippen LogP contribution is -2.38. The van der Waals surface area contributed by atoms with Crippen LogP contribution in [0.2, 0.25) is 0 Å². The fourth-order valence-electron chi connectivity index (χ4n) is 1.37. The number of aliphatic hydroxyl groups excluding tert-OH is 1. The van der Waals surface area contributed by atoms with Crippen LogP contribution in [0.3, 0.4) is 0 Å². The minimum Gasteiger partial charge on any atom is -0.480 e. The topological polar surface area (TPSA) is 86.6 Å². The van der Waals surface area contributed by atoms with Crippen molar-refractivity contribution in [3.63, 3.8) is 0 Å². The maximum atomic E-state index is 12.9. The highest BCUT2D eigenvalue weighted by Crippen LogP contribution is 2.17. The number of aliphatic hydroxyl groups is 1. The Bertz CT molecular complexity index is 449. The largest absolute Gasteiger partial charge is 0.480 e. The first-order valence-corrected chi connectivity index (χ1v) is 5.36. The van der Waals surface area contributed by atoms with Gasteiger partial charge in [0.05, 0.1) is 12.5 Å². The van der Waals surface area contributed by atoms with Crippen LogP contribution in [0.5, 0.6) is 0 Å². The van der Waals surface area contributed by atoms with Crippen molar-refractivity contribution < 1.29 is 24.2 Å². The first kappa shape index (κ1) is 14.1. The first-order chi connectivity index (χ1) is 8.40. The highest BCUT2D eigenvalue weighted by atomic mass is 19.1. The van der Waals surface area contributed by atoms with Crippen LogP contribution >= 0.6 is 0 Å². The zero-order chi connectivity index (χ0) is 13.7. The van der Waals surface area contributed by atoms with E-state index in [9.17, 15) is 19.1 Å². The summed E-state index contributed by atoms with van der Waals surface area (Å²) in [5.74, 6) is -2.28. The minimum absolute atomic E-state index is 0.271. The summed E-state index contributed by atoms with van der Waals surface area (Å²) < 4.78 is 12.9. The van der Waals surface area contributed by atoms with Crippen LogP contribution in [0.4, 0.5) is 4.39 Å². The van der Waals surface area contributed by atoms with Crippen molar-refractivity contribution >= 4 is 11.9 Å². The molecule has 1 rings (SSSR count). The zero-order valence-electron chi connectivity index (χ0n) is 9.76. The molecule has 6 heteroatoms. The van der Waals surface area contributed by atoms with Gasteiger partial charge in [0.25, 0.3) is 0 Å². The summed E-state index contributed by atoms with van der Waals surface area (Å²) in [7, 11) is 0. The Labute approximate surface area is 103 Å². The Balaban J connectivity index is 2.57. The van der Waals surface area contributed by atoms with Crippen LogP contribution in [0.1, 0.15) is 25.0 Å². The molecule has 0 saturated heterocycles. The third kappa shape index (κ3) is 4.14. The molecule has 0 fully saturated rings. The number of carbonyl (C=O) groups excluding carboxylic acids is 1. The number of nitrogens with one attached hydrogen (secondary N) is 1. The number of amides is 1. The van der Waals surface area contributed by atoms with Crippen LogP contribution in [0.15, 0.2) is 24.3 Å². The van der Waals surface area contributed by atoms with Crippen molar-refractivity contribution in [3.05, 3.63) is 35.6 Å². The van der Waals surface area contributed by atoms with E-state index in [0.29, 0.717) is 0 Å². The van der Waals surface area contributed by atoms with Crippen molar-refractivity contribution in [2.75, 3.05) is 0 Å². The number of rotatable bonds is 5. The van der Waals surface area contributed by atoms with E-state index in [1.807, 2.05) is 0 Å². The number of carboxylic acids is 1. The molecule has 2 atom stereocenters. The molecule has 0 bridgehead atoms. The van der Waals surface area contributed by atoms with Gasteiger partial charge in [-0.15, -0.1) is 0 Å². The van der Waals surface area contributed by atoms with Crippen molar-refractivity contribution in [3.8, 4) is 0 Å². The molecule has 98 valence electrons. The summed E-state index contributed by atoms with van der Waals surface area (Å²) in [5.41, 5.74) is 0.271. The monoisotopic (exact) mass is 255 g/mol. The second-order valence-corrected chi connectivity index (χ2v) is 3.90. The molecule has 0 radical (unpaired) electrons. The van der Waals surface area contributed by atoms with Crippen LogP contribution in [-0.4, -0.2) is 28.1 Å². The lowest BCUT2D eigenvalue weighted by molar-refractivity contribution is -0.141. The predicted octanol–water partition coefficient (Wildman–Crippen LogP) is 0.839. The molecule has 0 aliphatic carbocycles. The maximum Gasteiger partial charge on any atom is 0.325 e. The summed E-state index contributed by atoms with van der Waals surface area (Å²) in [6.45, 7) is 1.31. The van der Waals surface area contributed by atoms with Crippen molar-refractivity contribution in [2.45, 2.75) is 25.5 Å². The van der Waals surface area contributed by atoms with Gasteiger partial charge < -0.3 is 15.5 Å². The van der Waals surface area contributed by atoms with Gasteiger partial charge in [-0.1, -0.05) is 12.1 Å². The number of aliphatic carboxylic acids is 1. The van der Waals surface area contributed by atoms with E-state index >= 15 is 0 Å². The van der Waals surface area contributed by atoms with Crippen molar-refractivity contribution in [2.24, 2.45) is 0 Å². The molecule has 0 aliphatic rings. The van der Waals surface area contributed by atoms with E-state index in [0.717, 1.165) is 6.07 Å². The molecule has 1 aromatic rings. The summed E-state index contributed by atoms with van der Waals surface area (Å²) in [4.78, 5) is 21.9. The summed E-state index contributed by atoms with van der Waals surface area (Å²) in [6.07, 6.45) is -1.48. The summed E-state index contributed by atoms with van der Waals surface area (Å²) in [6, 6.07) is 4.23. The normalized spacial score (nSPS) is 13.7. The van der Waals surface area contributed by atoms with E-state index < -0.39 is 29.8 Å². The third-order valence-electron chi connectivity index (χ3n) is 2.36. The van der Waals surface area contributed by atoms with Gasteiger partial charge in [0.2, 0.25) is 5.91 Å². The fourth-order valence-corrected chi connectivity index (χ4v) is 1.37. The molecule has 0 spiro atoms. The quantitative estimate of drug-likeness (QED) is 0.727. The van der Waals surface area contributed by atoms with Gasteiger partial charge in [-0.25, -0.2) is 4.39 Å². The number of hydrogen-bond donors (Lipinski definition) is 3. The highest BCUT2D eigenvalue weighted by molar-refractivity contribution is 5.83. The van der Waals surface area contributed by atoms with Gasteiger partial charge in [0, 0.05) is 0 Å². The van der Waals surface area contributed by atoms with Crippen molar-refractivity contribution in [1.29, 1.82) is 0 Å². The van der Waals surface area contributed by atoms with E-state index in [1.165, 1.54) is 25.1 Å². The number of hydrogen-bond acceptors (Lipinski definition) is 3. The highest BCUT2D eigenvalue weighted by Gasteiger charge is 2.18. The number of carbonyl (C=O) groups is 2. The van der Waals surface area contributed by atoms with Gasteiger partial charge in [-0.3, -0.25) is 9.59 Å². The third-order valence-corrected chi connectivity index (χ3v) is 2.36. The van der Waals surface area contributed by atoms with Crippen molar-refractivity contribution in [1.82, 2.24) is 5.32 Å². The van der Waals surface area contributed by atoms with Crippen LogP contribution in [0, 0.1) is 5.82 Å². The molecule has 2 unspecified atom stereocenters. The molecule has 1 aromatic carbocycles. The Morgan fingerprint density at radius 1 is 1.44 bits per heavy atom. The van der Waals surface area contributed by atoms with Gasteiger partial charge in [0.15, 0.2) is 0 Å². The molecule has 0 aromatic heterocycles. The van der Waals surface area contributed by atoms with Gasteiger partial charge in [0.1, 0.15) is 11.9 Å². The van der Waals surface area contributed by atoms with E-state index in [4.69, 9.17) is 5.11 Å². The smallest absolute Gasteiger partial charge is 0.325 e. The molecule has 5 nitrogen and oxygen atoms in total. The Morgan fingerprint density at radius 3 is 2.67 bits per heavy atom. The maximum absolute atomic E-state index is 12.9. The van der Waals surface area contributed by atoms with Gasteiger partial charge in [-0.2, -0.15) is 0 Å². The Kier molecular flexibility index (Phi) is 4.79. The predicted molar refractivity (Wildman–Crippen MR) is 61.2 cm³/mol. The standard InChI is InChI=1S/C12H14FNO4/c1-7(12(17)18)14-11(16)6-10(15)8-3-2-4-9(13)5-8/h2-5,7,10,15H,6H2,1H3,(H,14,16)(H,17,18). The van der Waals surface area contributed by atoms with E-state index in [-0.39, 0.29) is 12.0 Å². The summed E-state index contributed by atoms with van der Waals surface area (Å²) >= 11 is 0. The van der Waals surface area contributed by atoms with Gasteiger partial charge >= 0.3 is 5.97 Å². The van der Waals surface area contributed by atoms with E-state index in [2.05, 4.69) is 5.32 Å². The minimum atomic E-state index is -1.17. The Morgan fingerprint density at radius 2 is 2.11 bits per heavy atom. The molecular formula is C12H14FNO4. The van der Waals surface area contributed by atoms with Crippen LogP contribution in [-0.2, 0) is 9.59 Å². The SMILES string of the molecule is CC(NC(=O)CC(O)c1cccc(F)c1)C(=O)O. The molecule has 0 aliphatic heterocycles. The molecule has 0 saturated carbocycles. The summed E-state index contributed by atoms with van der Waals surface area (Å²) in [5, 5.41) is 20.5. The lowest BCUT2D eigenvalue weighted by atomic mass is 10.1. The first-order valence-electron chi connectivity index (χ1n) is 5.36. The average Bonchev–Trinajstić information content (AvgIpc) is 2.28. The Hall–Kier alpha value is -1.95. The fraction of sp³-hybridized carbons (Fsp3) is 0.333. The second-order valence-electron chi connectivity index (χ2n) is 3.90. The molecule has 0 heterocycles. The van der Waals surface area contributed by atoms with E-state index in [1.54, 1.807) is 0 Å². The second kappa shape index (κ2) is 6.11. The molecule has 1 amide bonds. The number of benzene rings is 1. The average molecular weight is 255 g/mol.